The van der Waals surface area contributed by atoms with Crippen LogP contribution in [0.15, 0.2) is 59.5 Å². The van der Waals surface area contributed by atoms with E-state index in [0.717, 1.165) is 25.9 Å². The Morgan fingerprint density at radius 3 is 2.68 bits per heavy atom. The molecule has 4 rings (SSSR count). The summed E-state index contributed by atoms with van der Waals surface area (Å²) in [4.78, 5) is 24.6. The van der Waals surface area contributed by atoms with E-state index < -0.39 is 0 Å². The van der Waals surface area contributed by atoms with Gasteiger partial charge in [0.2, 0.25) is 0 Å². The van der Waals surface area contributed by atoms with E-state index >= 15 is 0 Å². The number of piperidine rings is 1. The zero-order valence-corrected chi connectivity index (χ0v) is 15.2. The van der Waals surface area contributed by atoms with Gasteiger partial charge in [-0.15, -0.1) is 0 Å². The van der Waals surface area contributed by atoms with Crippen LogP contribution in [0.5, 0.6) is 0 Å². The zero-order chi connectivity index (χ0) is 19.3. The number of nitrogens with one attached hydrogen (secondary N) is 3. The molecule has 0 bridgehead atoms. The summed E-state index contributed by atoms with van der Waals surface area (Å²) < 4.78 is 6.76. The maximum Gasteiger partial charge on any atom is 0.276 e. The molecule has 1 aliphatic rings. The molecular weight excluding hydrogens is 358 g/mol. The van der Waals surface area contributed by atoms with Gasteiger partial charge >= 0.3 is 0 Å². The predicted octanol–water partition coefficient (Wildman–Crippen LogP) is 2.91. The number of furan rings is 1. The topological polar surface area (TPSA) is 101 Å². The van der Waals surface area contributed by atoms with Gasteiger partial charge in [0.1, 0.15) is 6.26 Å². The van der Waals surface area contributed by atoms with E-state index in [1.807, 2.05) is 10.9 Å². The molecule has 8 heteroatoms. The Hall–Kier alpha value is -3.39. The molecule has 2 amide bonds. The van der Waals surface area contributed by atoms with Crippen LogP contribution < -0.4 is 16.0 Å². The number of amides is 2. The molecule has 28 heavy (non-hydrogen) atoms. The van der Waals surface area contributed by atoms with Crippen LogP contribution in [0.2, 0.25) is 0 Å². The van der Waals surface area contributed by atoms with Crippen LogP contribution in [0.1, 0.15) is 39.7 Å². The molecule has 1 aliphatic heterocycles. The van der Waals surface area contributed by atoms with Crippen molar-refractivity contribution in [1.82, 2.24) is 15.1 Å². The molecule has 1 unspecified atom stereocenters. The van der Waals surface area contributed by atoms with Crippen LogP contribution in [-0.4, -0.2) is 34.7 Å². The van der Waals surface area contributed by atoms with E-state index in [9.17, 15) is 9.59 Å². The van der Waals surface area contributed by atoms with Crippen molar-refractivity contribution in [3.63, 3.8) is 0 Å². The SMILES string of the molecule is O=C(Nc1cccc(NC(=O)c2ccn(C3CCCNC3)n2)c1)c1ccoc1. The van der Waals surface area contributed by atoms with E-state index in [-0.39, 0.29) is 17.9 Å². The molecule has 3 N–H and O–H groups in total. The lowest BCUT2D eigenvalue weighted by Gasteiger charge is -2.22. The highest BCUT2D eigenvalue weighted by molar-refractivity contribution is 6.05. The molecule has 1 atom stereocenters. The second kappa shape index (κ2) is 8.10. The third-order valence-electron chi connectivity index (χ3n) is 4.65. The van der Waals surface area contributed by atoms with Crippen molar-refractivity contribution in [2.75, 3.05) is 23.7 Å². The van der Waals surface area contributed by atoms with Crippen molar-refractivity contribution in [3.05, 3.63) is 66.4 Å². The van der Waals surface area contributed by atoms with Crippen LogP contribution in [0.3, 0.4) is 0 Å². The molecule has 0 spiro atoms. The van der Waals surface area contributed by atoms with Crippen LogP contribution in [-0.2, 0) is 0 Å². The Balaban J connectivity index is 1.40. The van der Waals surface area contributed by atoms with E-state index in [1.165, 1.54) is 12.5 Å². The average molecular weight is 379 g/mol. The molecule has 1 aromatic carbocycles. The highest BCUT2D eigenvalue weighted by Crippen LogP contribution is 2.18. The predicted molar refractivity (Wildman–Crippen MR) is 104 cm³/mol. The molecule has 3 heterocycles. The number of hydrogen-bond donors (Lipinski definition) is 3. The Bertz CT molecular complexity index is 958. The first kappa shape index (κ1) is 18.0. The lowest BCUT2D eigenvalue weighted by atomic mass is 10.1. The van der Waals surface area contributed by atoms with Crippen molar-refractivity contribution in [3.8, 4) is 0 Å². The van der Waals surface area contributed by atoms with Gasteiger partial charge in [-0.1, -0.05) is 6.07 Å². The number of carbonyl (C=O) groups excluding carboxylic acids is 2. The smallest absolute Gasteiger partial charge is 0.276 e. The van der Waals surface area contributed by atoms with Crippen molar-refractivity contribution in [2.45, 2.75) is 18.9 Å². The van der Waals surface area contributed by atoms with Gasteiger partial charge < -0.3 is 20.4 Å². The molecule has 0 saturated carbocycles. The molecule has 3 aromatic rings. The highest BCUT2D eigenvalue weighted by atomic mass is 16.3. The maximum atomic E-state index is 12.5. The van der Waals surface area contributed by atoms with Crippen molar-refractivity contribution in [2.24, 2.45) is 0 Å². The van der Waals surface area contributed by atoms with E-state index in [1.54, 1.807) is 36.4 Å². The lowest BCUT2D eigenvalue weighted by Crippen LogP contribution is -2.32. The first-order valence-corrected chi connectivity index (χ1v) is 9.20. The summed E-state index contributed by atoms with van der Waals surface area (Å²) in [5, 5.41) is 13.4. The maximum absolute atomic E-state index is 12.5. The lowest BCUT2D eigenvalue weighted by molar-refractivity contribution is 0.101. The first-order chi connectivity index (χ1) is 13.7. The second-order valence-electron chi connectivity index (χ2n) is 6.68. The quantitative estimate of drug-likeness (QED) is 0.633. The van der Waals surface area contributed by atoms with Gasteiger partial charge in [-0.3, -0.25) is 14.3 Å². The van der Waals surface area contributed by atoms with Crippen LogP contribution in [0, 0.1) is 0 Å². The molecule has 144 valence electrons. The fourth-order valence-corrected chi connectivity index (χ4v) is 3.19. The van der Waals surface area contributed by atoms with Crippen molar-refractivity contribution in [1.29, 1.82) is 0 Å². The Labute approximate surface area is 161 Å². The summed E-state index contributed by atoms with van der Waals surface area (Å²) in [6.07, 6.45) is 6.80. The van der Waals surface area contributed by atoms with Gasteiger partial charge in [0, 0.05) is 24.1 Å². The van der Waals surface area contributed by atoms with Crippen molar-refractivity contribution >= 4 is 23.2 Å². The number of nitrogens with zero attached hydrogens (tertiary/aromatic N) is 2. The van der Waals surface area contributed by atoms with Crippen LogP contribution in [0.4, 0.5) is 11.4 Å². The van der Waals surface area contributed by atoms with Gasteiger partial charge in [0.25, 0.3) is 11.8 Å². The summed E-state index contributed by atoms with van der Waals surface area (Å²) >= 11 is 0. The van der Waals surface area contributed by atoms with Crippen molar-refractivity contribution < 1.29 is 14.0 Å². The van der Waals surface area contributed by atoms with Gasteiger partial charge in [0.15, 0.2) is 5.69 Å². The number of rotatable bonds is 5. The van der Waals surface area contributed by atoms with Gasteiger partial charge in [0.05, 0.1) is 17.9 Å². The standard InChI is InChI=1S/C20H21N5O3/c26-19(14-7-10-28-13-14)22-15-3-1-4-16(11-15)23-20(27)18-6-9-25(24-18)17-5-2-8-21-12-17/h1,3-4,6-7,9-11,13,17,21H,2,5,8,12H2,(H,22,26)(H,23,27). The minimum atomic E-state index is -0.291. The minimum Gasteiger partial charge on any atom is -0.472 e. The average Bonchev–Trinajstić information content (AvgIpc) is 3.41. The molecule has 0 aliphatic carbocycles. The van der Waals surface area contributed by atoms with E-state index in [2.05, 4.69) is 21.0 Å². The molecule has 8 nitrogen and oxygen atoms in total. The molecule has 1 saturated heterocycles. The molecular formula is C20H21N5O3. The molecule has 0 radical (unpaired) electrons. The normalized spacial score (nSPS) is 16.5. The number of anilines is 2. The minimum absolute atomic E-state index is 0.275. The summed E-state index contributed by atoms with van der Waals surface area (Å²) in [6, 6.07) is 10.5. The van der Waals surface area contributed by atoms with Gasteiger partial charge in [-0.2, -0.15) is 5.10 Å². The third kappa shape index (κ3) is 4.12. The van der Waals surface area contributed by atoms with E-state index in [0.29, 0.717) is 22.6 Å². The Morgan fingerprint density at radius 2 is 1.96 bits per heavy atom. The Kier molecular flexibility index (Phi) is 5.20. The summed E-state index contributed by atoms with van der Waals surface area (Å²) in [7, 11) is 0. The largest absolute Gasteiger partial charge is 0.472 e. The van der Waals surface area contributed by atoms with Crippen LogP contribution >= 0.6 is 0 Å². The molecule has 1 fully saturated rings. The zero-order valence-electron chi connectivity index (χ0n) is 15.2. The summed E-state index contributed by atoms with van der Waals surface area (Å²) in [5.74, 6) is -0.571. The summed E-state index contributed by atoms with van der Waals surface area (Å²) in [5.41, 5.74) is 1.93. The van der Waals surface area contributed by atoms with Gasteiger partial charge in [-0.05, 0) is 49.7 Å². The number of benzene rings is 1. The number of aromatic nitrogens is 2. The second-order valence-corrected chi connectivity index (χ2v) is 6.68. The van der Waals surface area contributed by atoms with Crippen LogP contribution in [0.25, 0.3) is 0 Å². The Morgan fingerprint density at radius 1 is 1.14 bits per heavy atom. The number of hydrogen-bond acceptors (Lipinski definition) is 5. The highest BCUT2D eigenvalue weighted by Gasteiger charge is 2.18. The fraction of sp³-hybridized carbons (Fsp3) is 0.250. The molecule has 2 aromatic heterocycles. The fourth-order valence-electron chi connectivity index (χ4n) is 3.19. The first-order valence-electron chi connectivity index (χ1n) is 9.20. The van der Waals surface area contributed by atoms with E-state index in [4.69, 9.17) is 4.42 Å². The monoisotopic (exact) mass is 379 g/mol. The number of carbonyl (C=O) groups is 2. The summed E-state index contributed by atoms with van der Waals surface area (Å²) in [6.45, 7) is 1.89. The van der Waals surface area contributed by atoms with Gasteiger partial charge in [-0.25, -0.2) is 0 Å². The third-order valence-corrected chi connectivity index (χ3v) is 4.65.